The van der Waals surface area contributed by atoms with Crippen LogP contribution < -0.4 is 5.32 Å². The molecular weight excluding hydrogens is 290 g/mol. The first-order valence-corrected chi connectivity index (χ1v) is 6.99. The Hall–Kier alpha value is -2.28. The van der Waals surface area contributed by atoms with Gasteiger partial charge in [0, 0.05) is 31.3 Å². The molecular formula is C14H15N3O3S. The number of rotatable bonds is 3. The molecule has 0 spiro atoms. The highest BCUT2D eigenvalue weighted by atomic mass is 32.1. The van der Waals surface area contributed by atoms with E-state index in [9.17, 15) is 14.9 Å². The van der Waals surface area contributed by atoms with Crippen molar-refractivity contribution in [1.82, 2.24) is 10.2 Å². The van der Waals surface area contributed by atoms with E-state index < -0.39 is 4.92 Å². The molecule has 0 atom stereocenters. The number of nitrogens with one attached hydrogen (secondary N) is 1. The van der Waals surface area contributed by atoms with Crippen LogP contribution in [-0.2, 0) is 4.79 Å². The number of nitro benzene ring substituents is 1. The summed E-state index contributed by atoms with van der Waals surface area (Å²) in [6, 6.07) is 5.96. The summed E-state index contributed by atoms with van der Waals surface area (Å²) in [7, 11) is 0. The highest BCUT2D eigenvalue weighted by Gasteiger charge is 2.15. The van der Waals surface area contributed by atoms with Gasteiger partial charge in [-0.25, -0.2) is 0 Å². The van der Waals surface area contributed by atoms with Crippen molar-refractivity contribution in [2.24, 2.45) is 0 Å². The first kappa shape index (κ1) is 15.1. The summed E-state index contributed by atoms with van der Waals surface area (Å²) in [5.74, 6) is -0.301. The van der Waals surface area contributed by atoms with Gasteiger partial charge in [0.05, 0.1) is 4.92 Å². The predicted molar refractivity (Wildman–Crippen MR) is 83.7 cm³/mol. The molecule has 7 heteroatoms. The van der Waals surface area contributed by atoms with Gasteiger partial charge >= 0.3 is 0 Å². The first-order chi connectivity index (χ1) is 10.1. The maximum absolute atomic E-state index is 11.7. The van der Waals surface area contributed by atoms with Crippen molar-refractivity contribution in [3.8, 4) is 0 Å². The number of non-ortho nitro benzene ring substituents is 1. The van der Waals surface area contributed by atoms with E-state index in [0.29, 0.717) is 10.7 Å². The fourth-order valence-corrected chi connectivity index (χ4v) is 2.31. The topological polar surface area (TPSA) is 75.5 Å². The summed E-state index contributed by atoms with van der Waals surface area (Å²) in [6.07, 6.45) is 5.14. The number of nitrogens with zero attached hydrogens (tertiary/aromatic N) is 2. The van der Waals surface area contributed by atoms with Gasteiger partial charge in [-0.1, -0.05) is 0 Å². The molecule has 0 saturated carbocycles. The van der Waals surface area contributed by atoms with E-state index >= 15 is 0 Å². The molecule has 1 aromatic rings. The van der Waals surface area contributed by atoms with Crippen LogP contribution in [0.4, 0.5) is 5.69 Å². The second kappa shape index (κ2) is 6.94. The normalized spacial score (nSPS) is 14.4. The smallest absolute Gasteiger partial charge is 0.269 e. The molecule has 1 aromatic carbocycles. The fraction of sp³-hybridized carbons (Fsp3) is 0.286. The van der Waals surface area contributed by atoms with E-state index in [0.717, 1.165) is 25.9 Å². The maximum Gasteiger partial charge on any atom is 0.269 e. The molecule has 0 radical (unpaired) electrons. The van der Waals surface area contributed by atoms with E-state index in [1.54, 1.807) is 18.2 Å². The Balaban J connectivity index is 1.89. The standard InChI is InChI=1S/C14H15N3O3S/c18-13(15-14(21)16-9-1-2-10-16)8-5-11-3-6-12(7-4-11)17(19)20/h3-8H,1-2,9-10H2,(H,15,18,21)/b8-5+. The predicted octanol–water partition coefficient (Wildman–Crippen LogP) is 2.10. The van der Waals surface area contributed by atoms with E-state index in [2.05, 4.69) is 5.32 Å². The number of likely N-dealkylation sites (tertiary alicyclic amines) is 1. The summed E-state index contributed by atoms with van der Waals surface area (Å²) < 4.78 is 0. The molecule has 0 bridgehead atoms. The first-order valence-electron chi connectivity index (χ1n) is 6.59. The quantitative estimate of drug-likeness (QED) is 0.400. The molecule has 1 amide bonds. The van der Waals surface area contributed by atoms with Gasteiger partial charge < -0.3 is 4.90 Å². The van der Waals surface area contributed by atoms with E-state index in [4.69, 9.17) is 12.2 Å². The minimum Gasteiger partial charge on any atom is -0.349 e. The Kier molecular flexibility index (Phi) is 4.99. The number of amides is 1. The van der Waals surface area contributed by atoms with Crippen LogP contribution in [-0.4, -0.2) is 33.9 Å². The third kappa shape index (κ3) is 4.35. The number of carbonyl (C=O) groups excluding carboxylic acids is 1. The van der Waals surface area contributed by atoms with Crippen LogP contribution >= 0.6 is 12.2 Å². The molecule has 1 aliphatic rings. The summed E-state index contributed by atoms with van der Waals surface area (Å²) >= 11 is 5.15. The highest BCUT2D eigenvalue weighted by Crippen LogP contribution is 2.12. The van der Waals surface area contributed by atoms with Gasteiger partial charge in [-0.15, -0.1) is 0 Å². The minimum atomic E-state index is -0.464. The zero-order valence-corrected chi connectivity index (χ0v) is 12.1. The molecule has 21 heavy (non-hydrogen) atoms. The Morgan fingerprint density at radius 1 is 1.29 bits per heavy atom. The van der Waals surface area contributed by atoms with Crippen LogP contribution in [0.5, 0.6) is 0 Å². The van der Waals surface area contributed by atoms with Crippen molar-refractivity contribution in [3.05, 3.63) is 46.0 Å². The lowest BCUT2D eigenvalue weighted by molar-refractivity contribution is -0.384. The van der Waals surface area contributed by atoms with Crippen molar-refractivity contribution in [2.75, 3.05) is 13.1 Å². The molecule has 1 N–H and O–H groups in total. The Morgan fingerprint density at radius 3 is 2.48 bits per heavy atom. The number of carbonyl (C=O) groups is 1. The minimum absolute atomic E-state index is 0.0202. The average Bonchev–Trinajstić information content (AvgIpc) is 3.00. The van der Waals surface area contributed by atoms with Crippen LogP contribution in [0.1, 0.15) is 18.4 Å². The van der Waals surface area contributed by atoms with Crippen molar-refractivity contribution in [1.29, 1.82) is 0 Å². The van der Waals surface area contributed by atoms with Crippen molar-refractivity contribution < 1.29 is 9.72 Å². The van der Waals surface area contributed by atoms with E-state index in [-0.39, 0.29) is 11.6 Å². The van der Waals surface area contributed by atoms with Gasteiger partial charge in [0.15, 0.2) is 5.11 Å². The van der Waals surface area contributed by atoms with E-state index in [1.807, 2.05) is 4.90 Å². The Bertz CT molecular complexity index is 578. The molecule has 6 nitrogen and oxygen atoms in total. The molecule has 1 aliphatic heterocycles. The van der Waals surface area contributed by atoms with Crippen LogP contribution in [0.3, 0.4) is 0 Å². The summed E-state index contributed by atoms with van der Waals surface area (Å²) in [4.78, 5) is 23.8. The third-order valence-corrected chi connectivity index (χ3v) is 3.51. The average molecular weight is 305 g/mol. The second-order valence-corrected chi connectivity index (χ2v) is 5.06. The monoisotopic (exact) mass is 305 g/mol. The van der Waals surface area contributed by atoms with Crippen molar-refractivity contribution >= 4 is 35.0 Å². The van der Waals surface area contributed by atoms with Crippen LogP contribution in [0.15, 0.2) is 30.3 Å². The lowest BCUT2D eigenvalue weighted by atomic mass is 10.2. The summed E-state index contributed by atoms with van der Waals surface area (Å²) in [6.45, 7) is 1.76. The largest absolute Gasteiger partial charge is 0.349 e. The van der Waals surface area contributed by atoms with Gasteiger partial charge in [-0.05, 0) is 48.8 Å². The molecule has 0 aliphatic carbocycles. The van der Waals surface area contributed by atoms with E-state index in [1.165, 1.54) is 18.2 Å². The van der Waals surface area contributed by atoms with Gasteiger partial charge in [0.25, 0.3) is 5.69 Å². The van der Waals surface area contributed by atoms with Gasteiger partial charge in [0.2, 0.25) is 5.91 Å². The second-order valence-electron chi connectivity index (χ2n) is 4.67. The number of hydrogen-bond acceptors (Lipinski definition) is 4. The molecule has 1 heterocycles. The zero-order valence-electron chi connectivity index (χ0n) is 11.3. The maximum atomic E-state index is 11.7. The van der Waals surface area contributed by atoms with Crippen LogP contribution in [0.25, 0.3) is 6.08 Å². The van der Waals surface area contributed by atoms with Crippen molar-refractivity contribution in [3.63, 3.8) is 0 Å². The highest BCUT2D eigenvalue weighted by molar-refractivity contribution is 7.80. The lowest BCUT2D eigenvalue weighted by Gasteiger charge is -2.17. The molecule has 1 fully saturated rings. The van der Waals surface area contributed by atoms with Gasteiger partial charge in [-0.3, -0.25) is 20.2 Å². The van der Waals surface area contributed by atoms with Gasteiger partial charge in [0.1, 0.15) is 0 Å². The number of thiocarbonyl (C=S) groups is 1. The summed E-state index contributed by atoms with van der Waals surface area (Å²) in [5, 5.41) is 13.6. The Labute approximate surface area is 127 Å². The fourth-order valence-electron chi connectivity index (χ4n) is 2.03. The van der Waals surface area contributed by atoms with Crippen LogP contribution in [0.2, 0.25) is 0 Å². The number of nitro groups is 1. The third-order valence-electron chi connectivity index (χ3n) is 3.15. The van der Waals surface area contributed by atoms with Crippen molar-refractivity contribution in [2.45, 2.75) is 12.8 Å². The SMILES string of the molecule is O=C(/C=C/c1ccc([N+](=O)[O-])cc1)NC(=S)N1CCCC1. The molecule has 1 saturated heterocycles. The molecule has 110 valence electrons. The Morgan fingerprint density at radius 2 is 1.90 bits per heavy atom. The van der Waals surface area contributed by atoms with Crippen LogP contribution in [0, 0.1) is 10.1 Å². The number of hydrogen-bond donors (Lipinski definition) is 1. The molecule has 0 aromatic heterocycles. The summed E-state index contributed by atoms with van der Waals surface area (Å²) in [5.41, 5.74) is 0.731. The molecule has 0 unspecified atom stereocenters. The molecule has 2 rings (SSSR count). The zero-order chi connectivity index (χ0) is 15.2. The van der Waals surface area contributed by atoms with Gasteiger partial charge in [-0.2, -0.15) is 0 Å². The lowest BCUT2D eigenvalue weighted by Crippen LogP contribution is -2.40. The number of benzene rings is 1.